The summed E-state index contributed by atoms with van der Waals surface area (Å²) >= 11 is 3.94. The molecule has 2 saturated heterocycles. The Labute approximate surface area is 116 Å². The predicted molar refractivity (Wildman–Crippen MR) is 76.4 cm³/mol. The van der Waals surface area contributed by atoms with Crippen molar-refractivity contribution in [1.82, 2.24) is 5.32 Å². The van der Waals surface area contributed by atoms with Crippen LogP contribution in [0, 0.1) is 0 Å². The van der Waals surface area contributed by atoms with E-state index in [0.717, 1.165) is 5.25 Å². The van der Waals surface area contributed by atoms with Crippen LogP contribution in [0.4, 0.5) is 0 Å². The molecular weight excluding hydrogens is 262 g/mol. The number of thiophene rings is 1. The van der Waals surface area contributed by atoms with Gasteiger partial charge in [-0.3, -0.25) is 0 Å². The first-order chi connectivity index (χ1) is 8.79. The van der Waals surface area contributed by atoms with Gasteiger partial charge in [0.1, 0.15) is 0 Å². The van der Waals surface area contributed by atoms with Gasteiger partial charge in [0.05, 0.1) is 16.4 Å². The molecule has 0 amide bonds. The van der Waals surface area contributed by atoms with Gasteiger partial charge in [-0.1, -0.05) is 6.92 Å². The van der Waals surface area contributed by atoms with Crippen molar-refractivity contribution in [2.75, 3.05) is 0 Å². The minimum Gasteiger partial charge on any atom is -0.373 e. The molecule has 2 bridgehead atoms. The summed E-state index contributed by atoms with van der Waals surface area (Å²) in [6.45, 7) is 2.35. The van der Waals surface area contributed by atoms with Gasteiger partial charge in [0.2, 0.25) is 0 Å². The maximum Gasteiger partial charge on any atom is 0.0733 e. The van der Waals surface area contributed by atoms with Gasteiger partial charge in [0, 0.05) is 17.3 Å². The molecule has 1 aromatic rings. The van der Waals surface area contributed by atoms with Crippen molar-refractivity contribution in [2.24, 2.45) is 0 Å². The van der Waals surface area contributed by atoms with Crippen molar-refractivity contribution in [3.05, 3.63) is 17.0 Å². The van der Waals surface area contributed by atoms with E-state index >= 15 is 0 Å². The van der Waals surface area contributed by atoms with Crippen LogP contribution in [-0.4, -0.2) is 23.5 Å². The largest absolute Gasteiger partial charge is 0.373 e. The van der Waals surface area contributed by atoms with Gasteiger partial charge >= 0.3 is 0 Å². The average Bonchev–Trinajstić information content (AvgIpc) is 3.02. The van der Waals surface area contributed by atoms with Gasteiger partial charge in [0.15, 0.2) is 0 Å². The quantitative estimate of drug-likeness (QED) is 0.895. The van der Waals surface area contributed by atoms with E-state index in [1.165, 1.54) is 35.5 Å². The Bertz CT molecular complexity index is 447. The van der Waals surface area contributed by atoms with Crippen molar-refractivity contribution in [3.63, 3.8) is 0 Å². The lowest BCUT2D eigenvalue weighted by Gasteiger charge is -2.32. The maximum atomic E-state index is 5.96. The van der Waals surface area contributed by atoms with E-state index in [0.29, 0.717) is 24.3 Å². The summed E-state index contributed by atoms with van der Waals surface area (Å²) in [7, 11) is 0. The van der Waals surface area contributed by atoms with Crippen LogP contribution in [0.15, 0.2) is 15.7 Å². The molecule has 1 aromatic heterocycles. The maximum absolute atomic E-state index is 5.96. The van der Waals surface area contributed by atoms with Gasteiger partial charge in [-0.05, 0) is 42.7 Å². The molecule has 5 atom stereocenters. The zero-order valence-corrected chi connectivity index (χ0v) is 12.2. The molecule has 0 aromatic carbocycles. The Morgan fingerprint density at radius 1 is 1.33 bits per heavy atom. The highest BCUT2D eigenvalue weighted by atomic mass is 32.2. The molecule has 4 unspecified atom stereocenters. The van der Waals surface area contributed by atoms with E-state index in [1.54, 1.807) is 0 Å². The molecule has 1 N–H and O–H groups in total. The second kappa shape index (κ2) is 4.51. The van der Waals surface area contributed by atoms with Crippen LogP contribution < -0.4 is 5.32 Å². The smallest absolute Gasteiger partial charge is 0.0733 e. The molecule has 98 valence electrons. The van der Waals surface area contributed by atoms with Crippen molar-refractivity contribution in [2.45, 2.75) is 66.4 Å². The number of thioether (sulfide) groups is 1. The van der Waals surface area contributed by atoms with Crippen LogP contribution in [-0.2, 0) is 4.74 Å². The standard InChI is InChI=1S/C14H19NOS2/c1-8-6-11(10-4-5-17-14(10)18-8)15-12-7-9-2-3-13(12)16-9/h4-5,8-9,11-13,15H,2-3,6-7H2,1H3/t8-,9?,11?,12?,13?/m0/s1. The van der Waals surface area contributed by atoms with Crippen molar-refractivity contribution in [3.8, 4) is 0 Å². The minimum atomic E-state index is 0.488. The van der Waals surface area contributed by atoms with Crippen molar-refractivity contribution < 1.29 is 4.74 Å². The third kappa shape index (κ3) is 1.94. The summed E-state index contributed by atoms with van der Waals surface area (Å²) in [6.07, 6.45) is 6.05. The van der Waals surface area contributed by atoms with E-state index in [1.807, 2.05) is 23.1 Å². The summed E-state index contributed by atoms with van der Waals surface area (Å²) in [5, 5.41) is 6.86. The van der Waals surface area contributed by atoms with Gasteiger partial charge < -0.3 is 10.1 Å². The SMILES string of the molecule is C[C@H]1CC(NC2CC3CCC2O3)c2ccsc2S1. The Morgan fingerprint density at radius 2 is 2.28 bits per heavy atom. The van der Waals surface area contributed by atoms with Gasteiger partial charge in [-0.2, -0.15) is 0 Å². The molecule has 0 aliphatic carbocycles. The zero-order valence-electron chi connectivity index (χ0n) is 10.6. The highest BCUT2D eigenvalue weighted by molar-refractivity contribution is 8.01. The number of ether oxygens (including phenoxy) is 1. The second-order valence-corrected chi connectivity index (χ2v) is 8.39. The van der Waals surface area contributed by atoms with Gasteiger partial charge in [0.25, 0.3) is 0 Å². The lowest BCUT2D eigenvalue weighted by molar-refractivity contribution is 0.0957. The van der Waals surface area contributed by atoms with Crippen LogP contribution in [0.3, 0.4) is 0 Å². The molecule has 0 spiro atoms. The molecule has 18 heavy (non-hydrogen) atoms. The number of rotatable bonds is 2. The molecule has 0 saturated carbocycles. The topological polar surface area (TPSA) is 21.3 Å². The molecular formula is C14H19NOS2. The van der Waals surface area contributed by atoms with Crippen LogP contribution in [0.2, 0.25) is 0 Å². The van der Waals surface area contributed by atoms with E-state index in [-0.39, 0.29) is 0 Å². The first kappa shape index (κ1) is 11.8. The fourth-order valence-electron chi connectivity index (χ4n) is 3.58. The summed E-state index contributed by atoms with van der Waals surface area (Å²) < 4.78 is 7.48. The predicted octanol–water partition coefficient (Wildman–Crippen LogP) is 3.58. The van der Waals surface area contributed by atoms with E-state index in [9.17, 15) is 0 Å². The minimum absolute atomic E-state index is 0.488. The highest BCUT2D eigenvalue weighted by Crippen LogP contribution is 2.45. The normalized spacial score (nSPS) is 42.2. The van der Waals surface area contributed by atoms with Crippen LogP contribution in [0.25, 0.3) is 0 Å². The summed E-state index contributed by atoms with van der Waals surface area (Å²) in [6, 6.07) is 3.46. The Morgan fingerprint density at radius 3 is 3.06 bits per heavy atom. The van der Waals surface area contributed by atoms with Crippen molar-refractivity contribution >= 4 is 23.1 Å². The summed E-state index contributed by atoms with van der Waals surface area (Å²) in [5.74, 6) is 0. The van der Waals surface area contributed by atoms with Crippen LogP contribution in [0.1, 0.15) is 44.2 Å². The summed E-state index contributed by atoms with van der Waals surface area (Å²) in [5.41, 5.74) is 1.53. The first-order valence-electron chi connectivity index (χ1n) is 6.95. The molecule has 0 radical (unpaired) electrons. The molecule has 3 aliphatic rings. The second-order valence-electron chi connectivity index (χ2n) is 5.76. The third-order valence-corrected chi connectivity index (χ3v) is 6.77. The lowest BCUT2D eigenvalue weighted by Crippen LogP contribution is -2.41. The summed E-state index contributed by atoms with van der Waals surface area (Å²) in [4.78, 5) is 0. The number of hydrogen-bond acceptors (Lipinski definition) is 4. The van der Waals surface area contributed by atoms with Gasteiger partial charge in [-0.25, -0.2) is 0 Å². The van der Waals surface area contributed by atoms with E-state index in [4.69, 9.17) is 4.74 Å². The van der Waals surface area contributed by atoms with E-state index < -0.39 is 0 Å². The van der Waals surface area contributed by atoms with Crippen LogP contribution >= 0.6 is 23.1 Å². The van der Waals surface area contributed by atoms with E-state index in [2.05, 4.69) is 23.7 Å². The Balaban J connectivity index is 1.52. The van der Waals surface area contributed by atoms with Gasteiger partial charge in [-0.15, -0.1) is 23.1 Å². The molecule has 4 heteroatoms. The van der Waals surface area contributed by atoms with Crippen molar-refractivity contribution in [1.29, 1.82) is 0 Å². The van der Waals surface area contributed by atoms with Crippen LogP contribution in [0.5, 0.6) is 0 Å². The number of fused-ring (bicyclic) bond motifs is 3. The third-order valence-electron chi connectivity index (χ3n) is 4.43. The Kier molecular flexibility index (Phi) is 2.95. The highest BCUT2D eigenvalue weighted by Gasteiger charge is 2.42. The zero-order chi connectivity index (χ0) is 12.1. The number of nitrogens with one attached hydrogen (secondary N) is 1. The molecule has 2 fully saturated rings. The lowest BCUT2D eigenvalue weighted by atomic mass is 9.93. The monoisotopic (exact) mass is 281 g/mol. The Hall–Kier alpha value is -0.0300. The molecule has 2 nitrogen and oxygen atoms in total. The fourth-order valence-corrected chi connectivity index (χ4v) is 6.15. The molecule has 4 rings (SSSR count). The average molecular weight is 281 g/mol. The fraction of sp³-hybridized carbons (Fsp3) is 0.714. The molecule has 3 aliphatic heterocycles. The number of hydrogen-bond donors (Lipinski definition) is 1. The first-order valence-corrected chi connectivity index (χ1v) is 8.71. The molecule has 4 heterocycles.